The van der Waals surface area contributed by atoms with E-state index >= 15 is 0 Å². The van der Waals surface area contributed by atoms with Crippen molar-refractivity contribution in [3.63, 3.8) is 0 Å². The van der Waals surface area contributed by atoms with Crippen LogP contribution in [0.5, 0.6) is 11.5 Å². The van der Waals surface area contributed by atoms with Crippen LogP contribution in [-0.4, -0.2) is 13.0 Å². The first-order valence-corrected chi connectivity index (χ1v) is 12.7. The summed E-state index contributed by atoms with van der Waals surface area (Å²) >= 11 is 0. The Kier molecular flexibility index (Phi) is 14.4. The molecule has 0 bridgehead atoms. The van der Waals surface area contributed by atoms with Crippen LogP contribution in [0.15, 0.2) is 53.4 Å². The van der Waals surface area contributed by atoms with Crippen molar-refractivity contribution in [1.29, 1.82) is 0 Å². The van der Waals surface area contributed by atoms with Crippen molar-refractivity contribution in [3.05, 3.63) is 54.1 Å². The van der Waals surface area contributed by atoms with Crippen molar-refractivity contribution < 1.29 is 47.3 Å². The Balaban J connectivity index is 0.00000480. The third-order valence-electron chi connectivity index (χ3n) is 5.30. The van der Waals surface area contributed by atoms with Gasteiger partial charge in [0.15, 0.2) is 0 Å². The SMILES string of the molecule is CCCCCCCCCCCCCc1cccc(Oc2cccc(S(=O)(=O)[O-])c2)c1.[Na+]. The van der Waals surface area contributed by atoms with Gasteiger partial charge in [0.2, 0.25) is 0 Å². The van der Waals surface area contributed by atoms with E-state index < -0.39 is 10.1 Å². The van der Waals surface area contributed by atoms with E-state index in [1.807, 2.05) is 18.2 Å². The van der Waals surface area contributed by atoms with E-state index in [4.69, 9.17) is 4.74 Å². The van der Waals surface area contributed by atoms with Crippen LogP contribution in [0.4, 0.5) is 0 Å². The molecule has 166 valence electrons. The standard InChI is InChI=1S/C25H36O4S.Na/c1-2-3-4-5-6-7-8-9-10-11-12-15-22-16-13-17-23(20-22)29-24-18-14-19-25(21-24)30(26,27)28;/h13-14,16-21H,2-12,15H2,1H3,(H,26,27,28);/q;+1/p-1. The number of hydrogen-bond donors (Lipinski definition) is 0. The molecule has 0 aliphatic rings. The summed E-state index contributed by atoms with van der Waals surface area (Å²) in [5.74, 6) is 0.995. The van der Waals surface area contributed by atoms with Gasteiger partial charge < -0.3 is 9.29 Å². The van der Waals surface area contributed by atoms with Gasteiger partial charge in [-0.2, -0.15) is 0 Å². The molecule has 6 heteroatoms. The number of ether oxygens (including phenoxy) is 1. The van der Waals surface area contributed by atoms with Gasteiger partial charge >= 0.3 is 29.6 Å². The fourth-order valence-electron chi connectivity index (χ4n) is 3.59. The molecule has 0 heterocycles. The van der Waals surface area contributed by atoms with Crippen LogP contribution in [0.25, 0.3) is 0 Å². The molecule has 0 N–H and O–H groups in total. The van der Waals surface area contributed by atoms with Gasteiger partial charge in [-0.3, -0.25) is 0 Å². The van der Waals surface area contributed by atoms with Crippen LogP contribution >= 0.6 is 0 Å². The summed E-state index contributed by atoms with van der Waals surface area (Å²) in [7, 11) is -4.48. The van der Waals surface area contributed by atoms with Gasteiger partial charge in [0, 0.05) is 0 Å². The van der Waals surface area contributed by atoms with Gasteiger partial charge in [-0.15, -0.1) is 0 Å². The largest absolute Gasteiger partial charge is 1.00 e. The second-order valence-electron chi connectivity index (χ2n) is 7.96. The summed E-state index contributed by atoms with van der Waals surface area (Å²) in [5.41, 5.74) is 1.20. The molecule has 31 heavy (non-hydrogen) atoms. The van der Waals surface area contributed by atoms with Gasteiger partial charge in [0.1, 0.15) is 21.6 Å². The Morgan fingerprint density at radius 3 is 1.84 bits per heavy atom. The smallest absolute Gasteiger partial charge is 0.744 e. The van der Waals surface area contributed by atoms with Crippen LogP contribution in [0.2, 0.25) is 0 Å². The molecule has 0 unspecified atom stereocenters. The first-order chi connectivity index (χ1) is 14.5. The number of hydrogen-bond acceptors (Lipinski definition) is 4. The molecule has 0 aromatic heterocycles. The van der Waals surface area contributed by atoms with Crippen LogP contribution in [0.1, 0.15) is 83.1 Å². The molecule has 0 aliphatic carbocycles. The predicted octanol–water partition coefficient (Wildman–Crippen LogP) is 4.24. The Labute approximate surface area is 210 Å². The van der Waals surface area contributed by atoms with Crippen molar-refractivity contribution in [2.24, 2.45) is 0 Å². The molecular formula is C25H35NaO4S. The van der Waals surface area contributed by atoms with E-state index in [1.165, 1.54) is 88.0 Å². The third kappa shape index (κ3) is 12.1. The van der Waals surface area contributed by atoms with Gasteiger partial charge in [-0.05, 0) is 48.7 Å². The van der Waals surface area contributed by atoms with E-state index in [0.29, 0.717) is 11.5 Å². The molecule has 0 saturated heterocycles. The van der Waals surface area contributed by atoms with Crippen LogP contribution < -0.4 is 34.3 Å². The first kappa shape index (κ1) is 28.2. The zero-order chi connectivity index (χ0) is 21.7. The molecule has 0 amide bonds. The first-order valence-electron chi connectivity index (χ1n) is 11.3. The molecule has 4 nitrogen and oxygen atoms in total. The normalized spacial score (nSPS) is 11.2. The minimum absolute atomic E-state index is 0. The molecule has 0 atom stereocenters. The van der Waals surface area contributed by atoms with Gasteiger partial charge in [0.25, 0.3) is 0 Å². The molecular weight excluding hydrogens is 419 g/mol. The zero-order valence-electron chi connectivity index (χ0n) is 19.1. The van der Waals surface area contributed by atoms with E-state index in [1.54, 1.807) is 6.07 Å². The second kappa shape index (κ2) is 15.9. The molecule has 0 radical (unpaired) electrons. The summed E-state index contributed by atoms with van der Waals surface area (Å²) < 4.78 is 39.2. The maximum absolute atomic E-state index is 11.2. The van der Waals surface area contributed by atoms with E-state index in [2.05, 4.69) is 13.0 Å². The summed E-state index contributed by atoms with van der Waals surface area (Å²) in [4.78, 5) is -0.280. The van der Waals surface area contributed by atoms with Crippen LogP contribution in [-0.2, 0) is 16.5 Å². The van der Waals surface area contributed by atoms with Crippen molar-refractivity contribution in [1.82, 2.24) is 0 Å². The summed E-state index contributed by atoms with van der Waals surface area (Å²) in [6.07, 6.45) is 15.6. The predicted molar refractivity (Wildman–Crippen MR) is 121 cm³/mol. The molecule has 0 fully saturated rings. The van der Waals surface area contributed by atoms with Gasteiger partial charge in [-0.1, -0.05) is 89.3 Å². The number of unbranched alkanes of at least 4 members (excludes halogenated alkanes) is 10. The van der Waals surface area contributed by atoms with E-state index in [9.17, 15) is 13.0 Å². The van der Waals surface area contributed by atoms with Crippen molar-refractivity contribution in [2.75, 3.05) is 0 Å². The van der Waals surface area contributed by atoms with Crippen LogP contribution in [0.3, 0.4) is 0 Å². The number of benzene rings is 2. The molecule has 0 aliphatic heterocycles. The zero-order valence-corrected chi connectivity index (χ0v) is 22.0. The number of aryl methyl sites for hydroxylation is 1. The number of rotatable bonds is 15. The molecule has 0 saturated carbocycles. The molecule has 0 spiro atoms. The summed E-state index contributed by atoms with van der Waals surface area (Å²) in [6, 6.07) is 13.5. The van der Waals surface area contributed by atoms with Gasteiger partial charge in [-0.25, -0.2) is 8.42 Å². The average Bonchev–Trinajstić information content (AvgIpc) is 2.72. The fraction of sp³-hybridized carbons (Fsp3) is 0.520. The molecule has 2 aromatic carbocycles. The Morgan fingerprint density at radius 1 is 0.742 bits per heavy atom. The minimum Gasteiger partial charge on any atom is -0.744 e. The van der Waals surface area contributed by atoms with Crippen LogP contribution in [0, 0.1) is 0 Å². The Morgan fingerprint density at radius 2 is 1.26 bits per heavy atom. The average molecular weight is 455 g/mol. The Bertz CT molecular complexity index is 852. The Hall–Kier alpha value is -0.850. The van der Waals surface area contributed by atoms with Crippen molar-refractivity contribution in [2.45, 2.75) is 88.9 Å². The third-order valence-corrected chi connectivity index (χ3v) is 6.13. The fourth-order valence-corrected chi connectivity index (χ4v) is 4.09. The molecule has 2 aromatic rings. The quantitative estimate of drug-likeness (QED) is 0.229. The van der Waals surface area contributed by atoms with Crippen molar-refractivity contribution >= 4 is 10.1 Å². The summed E-state index contributed by atoms with van der Waals surface area (Å²) in [6.45, 7) is 2.26. The maximum atomic E-state index is 11.2. The summed E-state index contributed by atoms with van der Waals surface area (Å²) in [5, 5.41) is 0. The second-order valence-corrected chi connectivity index (χ2v) is 9.34. The topological polar surface area (TPSA) is 66.4 Å². The van der Waals surface area contributed by atoms with Crippen molar-refractivity contribution in [3.8, 4) is 11.5 Å². The van der Waals surface area contributed by atoms with E-state index in [0.717, 1.165) is 12.8 Å². The monoisotopic (exact) mass is 454 g/mol. The minimum atomic E-state index is -4.48. The maximum Gasteiger partial charge on any atom is 1.00 e. The molecule has 2 rings (SSSR count). The van der Waals surface area contributed by atoms with Gasteiger partial charge in [0.05, 0.1) is 4.90 Å². The van der Waals surface area contributed by atoms with E-state index in [-0.39, 0.29) is 34.5 Å².